The van der Waals surface area contributed by atoms with Crippen molar-refractivity contribution in [2.45, 2.75) is 32.0 Å². The van der Waals surface area contributed by atoms with E-state index in [1.54, 1.807) is 0 Å². The number of halogens is 3. The van der Waals surface area contributed by atoms with Gasteiger partial charge in [0.15, 0.2) is 0 Å². The smallest absolute Gasteiger partial charge is 0.231 e. The predicted octanol–water partition coefficient (Wildman–Crippen LogP) is 2.89. The number of aliphatic hydroxyl groups excluding tert-OH is 1. The van der Waals surface area contributed by atoms with Gasteiger partial charge in [-0.1, -0.05) is 24.3 Å². The number of nitrogens with two attached hydrogens (primary N) is 1. The second-order valence-electron chi connectivity index (χ2n) is 7.33. The second kappa shape index (κ2) is 13.8. The lowest BCUT2D eigenvalue weighted by Crippen LogP contribution is -2.31. The highest BCUT2D eigenvalue weighted by Crippen LogP contribution is 2.22. The molecule has 9 heteroatoms. The first-order valence-electron chi connectivity index (χ1n) is 9.41. The monoisotopic (exact) mass is 476 g/mol. The minimum atomic E-state index is -0.324. The van der Waals surface area contributed by atoms with E-state index < -0.39 is 0 Å². The summed E-state index contributed by atoms with van der Waals surface area (Å²) in [5.41, 5.74) is 9.58. The summed E-state index contributed by atoms with van der Waals surface area (Å²) in [6.07, 6.45) is 4.11. The third-order valence-corrected chi connectivity index (χ3v) is 5.04. The number of nitrogens with zero attached hydrogens (tertiary/aromatic N) is 3. The summed E-state index contributed by atoms with van der Waals surface area (Å²) in [6.45, 7) is 2.93. The maximum absolute atomic E-state index is 11.0. The molecule has 0 aliphatic carbocycles. The molecule has 2 heterocycles. The van der Waals surface area contributed by atoms with Gasteiger partial charge in [-0.25, -0.2) is 0 Å². The molecule has 0 radical (unpaired) electrons. The van der Waals surface area contributed by atoms with Crippen LogP contribution in [0.15, 0.2) is 42.6 Å². The van der Waals surface area contributed by atoms with E-state index >= 15 is 0 Å². The van der Waals surface area contributed by atoms with Gasteiger partial charge in [0.1, 0.15) is 0 Å². The first-order valence-corrected chi connectivity index (χ1v) is 9.41. The zero-order valence-electron chi connectivity index (χ0n) is 17.1. The van der Waals surface area contributed by atoms with Crippen LogP contribution in [0, 0.1) is 0 Å². The normalized spacial score (nSPS) is 15.8. The van der Waals surface area contributed by atoms with Crippen LogP contribution in [0.2, 0.25) is 0 Å². The van der Waals surface area contributed by atoms with Gasteiger partial charge in [0, 0.05) is 30.9 Å². The molecule has 1 fully saturated rings. The van der Waals surface area contributed by atoms with Gasteiger partial charge in [0.05, 0.1) is 18.8 Å². The lowest BCUT2D eigenvalue weighted by Gasteiger charge is -2.22. The van der Waals surface area contributed by atoms with Gasteiger partial charge in [-0.3, -0.25) is 19.6 Å². The van der Waals surface area contributed by atoms with E-state index in [2.05, 4.69) is 34.1 Å². The van der Waals surface area contributed by atoms with Crippen molar-refractivity contribution < 1.29 is 9.90 Å². The molecule has 1 amide bonds. The van der Waals surface area contributed by atoms with Crippen molar-refractivity contribution in [1.82, 2.24) is 14.8 Å². The fourth-order valence-electron chi connectivity index (χ4n) is 3.69. The van der Waals surface area contributed by atoms with Crippen molar-refractivity contribution in [2.75, 3.05) is 26.7 Å². The molecule has 3 N–H and O–H groups in total. The molecular formula is C21H31Cl3N4O2. The maximum Gasteiger partial charge on any atom is 0.231 e. The average Bonchev–Trinajstić information content (AvgIpc) is 3.09. The second-order valence-corrected chi connectivity index (χ2v) is 7.33. The molecule has 0 unspecified atom stereocenters. The van der Waals surface area contributed by atoms with Crippen molar-refractivity contribution in [1.29, 1.82) is 0 Å². The first-order chi connectivity index (χ1) is 13.0. The van der Waals surface area contributed by atoms with Crippen molar-refractivity contribution >= 4 is 43.1 Å². The van der Waals surface area contributed by atoms with Crippen molar-refractivity contribution in [3.63, 3.8) is 0 Å². The number of hydrogen-bond donors (Lipinski definition) is 2. The lowest BCUT2D eigenvalue weighted by molar-refractivity contribution is -0.118. The number of rotatable bonds is 8. The van der Waals surface area contributed by atoms with Crippen LogP contribution in [0.25, 0.3) is 11.1 Å². The summed E-state index contributed by atoms with van der Waals surface area (Å²) in [5.74, 6) is -0.324. The number of carbonyl (C=O) groups is 1. The van der Waals surface area contributed by atoms with Crippen LogP contribution in [-0.4, -0.2) is 58.6 Å². The van der Waals surface area contributed by atoms with Crippen molar-refractivity contribution in [3.05, 3.63) is 53.9 Å². The number of aromatic nitrogens is 1. The van der Waals surface area contributed by atoms with Gasteiger partial charge in [0.2, 0.25) is 5.91 Å². The van der Waals surface area contributed by atoms with Crippen molar-refractivity contribution in [2.24, 2.45) is 5.73 Å². The van der Waals surface area contributed by atoms with Gasteiger partial charge in [-0.2, -0.15) is 0 Å². The summed E-state index contributed by atoms with van der Waals surface area (Å²) in [4.78, 5) is 19.9. The van der Waals surface area contributed by atoms with Crippen LogP contribution >= 0.6 is 37.2 Å². The standard InChI is InChI=1S/C21H28N4O2.3ClH/c1-24(14-21(22)27)12-16-4-2-5-17(10-16)18-7-8-19(23-11-18)13-25-9-3-6-20(25)15-26;;;/h2,4-5,7-8,10-11,20,26H,3,6,9,12-15H2,1H3,(H2,22,27);3*1H/t20-;;;/m0.../s1. The number of aliphatic hydroxyl groups is 1. The Hall–Kier alpha value is -1.41. The third kappa shape index (κ3) is 8.02. The molecule has 1 aliphatic heterocycles. The minimum absolute atomic E-state index is 0. The Kier molecular flexibility index (Phi) is 13.2. The summed E-state index contributed by atoms with van der Waals surface area (Å²) in [7, 11) is 1.88. The predicted molar refractivity (Wildman–Crippen MR) is 127 cm³/mol. The molecule has 1 saturated heterocycles. The highest BCUT2D eigenvalue weighted by molar-refractivity contribution is 5.86. The van der Waals surface area contributed by atoms with E-state index in [1.807, 2.05) is 30.3 Å². The zero-order chi connectivity index (χ0) is 19.2. The molecule has 30 heavy (non-hydrogen) atoms. The number of likely N-dealkylation sites (N-methyl/N-ethyl adjacent to an activating group) is 1. The van der Waals surface area contributed by atoms with E-state index in [4.69, 9.17) is 5.73 Å². The Labute approximate surface area is 197 Å². The van der Waals surface area contributed by atoms with Gasteiger partial charge < -0.3 is 10.8 Å². The molecular weight excluding hydrogens is 447 g/mol. The highest BCUT2D eigenvalue weighted by Gasteiger charge is 2.23. The topological polar surface area (TPSA) is 82.7 Å². The Morgan fingerprint density at radius 2 is 2.00 bits per heavy atom. The fraction of sp³-hybridized carbons (Fsp3) is 0.429. The van der Waals surface area contributed by atoms with Gasteiger partial charge >= 0.3 is 0 Å². The Balaban J connectivity index is 0.00000280. The van der Waals surface area contributed by atoms with Crippen LogP contribution in [0.5, 0.6) is 0 Å². The summed E-state index contributed by atoms with van der Waals surface area (Å²) in [6, 6.07) is 12.7. The summed E-state index contributed by atoms with van der Waals surface area (Å²) >= 11 is 0. The third-order valence-electron chi connectivity index (χ3n) is 5.04. The molecule has 1 aromatic carbocycles. The number of likely N-dealkylation sites (tertiary alicyclic amines) is 1. The Morgan fingerprint density at radius 1 is 1.23 bits per heavy atom. The molecule has 0 spiro atoms. The minimum Gasteiger partial charge on any atom is -0.395 e. The molecule has 6 nitrogen and oxygen atoms in total. The van der Waals surface area contributed by atoms with Crippen LogP contribution < -0.4 is 5.73 Å². The van der Waals surface area contributed by atoms with E-state index in [-0.39, 0.29) is 62.3 Å². The number of amides is 1. The summed E-state index contributed by atoms with van der Waals surface area (Å²) < 4.78 is 0. The lowest BCUT2D eigenvalue weighted by atomic mass is 10.0. The molecule has 1 atom stereocenters. The number of pyridine rings is 1. The SMILES string of the molecule is CN(CC(N)=O)Cc1cccc(-c2ccc(CN3CCC[C@H]3CO)nc2)c1.Cl.Cl.Cl. The van der Waals surface area contributed by atoms with Crippen LogP contribution in [0.1, 0.15) is 24.1 Å². The first kappa shape index (κ1) is 28.6. The molecule has 2 aromatic rings. The summed E-state index contributed by atoms with van der Waals surface area (Å²) in [5, 5.41) is 9.45. The number of benzene rings is 1. The molecule has 3 rings (SSSR count). The molecule has 1 aliphatic rings. The van der Waals surface area contributed by atoms with Crippen LogP contribution in [-0.2, 0) is 17.9 Å². The zero-order valence-corrected chi connectivity index (χ0v) is 19.5. The quantitative estimate of drug-likeness (QED) is 0.611. The Morgan fingerprint density at radius 3 is 2.63 bits per heavy atom. The van der Waals surface area contributed by atoms with E-state index in [0.717, 1.165) is 48.3 Å². The van der Waals surface area contributed by atoms with E-state index in [1.165, 1.54) is 0 Å². The fourth-order valence-corrected chi connectivity index (χ4v) is 3.69. The largest absolute Gasteiger partial charge is 0.395 e. The number of carbonyl (C=O) groups excluding carboxylic acids is 1. The van der Waals surface area contributed by atoms with Gasteiger partial charge in [-0.15, -0.1) is 37.2 Å². The van der Waals surface area contributed by atoms with E-state index in [0.29, 0.717) is 6.54 Å². The number of hydrogen-bond acceptors (Lipinski definition) is 5. The number of primary amides is 1. The molecule has 0 saturated carbocycles. The van der Waals surface area contributed by atoms with E-state index in [9.17, 15) is 9.90 Å². The average molecular weight is 478 g/mol. The highest BCUT2D eigenvalue weighted by atomic mass is 35.5. The van der Waals surface area contributed by atoms with Crippen molar-refractivity contribution in [3.8, 4) is 11.1 Å². The maximum atomic E-state index is 11.0. The van der Waals surface area contributed by atoms with Crippen LogP contribution in [0.4, 0.5) is 0 Å². The van der Waals surface area contributed by atoms with Gasteiger partial charge in [0.25, 0.3) is 0 Å². The van der Waals surface area contributed by atoms with Crippen LogP contribution in [0.3, 0.4) is 0 Å². The van der Waals surface area contributed by atoms with Gasteiger partial charge in [-0.05, 0) is 49.7 Å². The molecule has 0 bridgehead atoms. The molecule has 1 aromatic heterocycles. The molecule has 168 valence electrons. The Bertz CT molecular complexity index is 777.